The van der Waals surface area contributed by atoms with Gasteiger partial charge in [0.15, 0.2) is 0 Å². The second-order valence-corrected chi connectivity index (χ2v) is 9.02. The van der Waals surface area contributed by atoms with Crippen molar-refractivity contribution in [2.45, 2.75) is 33.1 Å². The molecular weight excluding hydrogens is 528 g/mol. The Labute approximate surface area is 239 Å². The highest BCUT2D eigenvalue weighted by Gasteiger charge is 2.31. The van der Waals surface area contributed by atoms with E-state index in [9.17, 15) is 29.7 Å². The Kier molecular flexibility index (Phi) is 14.5. The SMILES string of the molecule is C=C(C)C(=O)O.C=C(C)C(=O)O.C=C(C)C(=O)O.CC(c1ccc(O)cc1)(c1ccc(O)cc1)c1ccc(O)cc1. The minimum absolute atomic E-state index is 0.176. The number of hydrogen-bond acceptors (Lipinski definition) is 6. The molecular formula is C32H36O9. The molecule has 0 saturated carbocycles. The molecule has 3 rings (SSSR count). The first kappa shape index (κ1) is 35.7. The quantitative estimate of drug-likeness (QED) is 0.153. The summed E-state index contributed by atoms with van der Waals surface area (Å²) < 4.78 is 0. The van der Waals surface area contributed by atoms with Crippen LogP contribution in [-0.2, 0) is 19.8 Å². The van der Waals surface area contributed by atoms with Gasteiger partial charge in [-0.1, -0.05) is 56.1 Å². The fourth-order valence-corrected chi connectivity index (χ4v) is 2.88. The van der Waals surface area contributed by atoms with Gasteiger partial charge in [0.1, 0.15) is 17.2 Å². The highest BCUT2D eigenvalue weighted by atomic mass is 16.4. The van der Waals surface area contributed by atoms with Gasteiger partial charge in [-0.3, -0.25) is 0 Å². The van der Waals surface area contributed by atoms with Gasteiger partial charge in [-0.25, -0.2) is 14.4 Å². The fourth-order valence-electron chi connectivity index (χ4n) is 2.88. The van der Waals surface area contributed by atoms with Crippen LogP contribution in [-0.4, -0.2) is 48.5 Å². The molecule has 0 radical (unpaired) electrons. The van der Waals surface area contributed by atoms with Crippen molar-refractivity contribution in [2.24, 2.45) is 0 Å². The number of aromatic hydroxyl groups is 3. The first-order valence-electron chi connectivity index (χ1n) is 12.0. The van der Waals surface area contributed by atoms with Crippen LogP contribution < -0.4 is 0 Å². The molecule has 0 unspecified atom stereocenters. The number of rotatable bonds is 6. The molecule has 9 nitrogen and oxygen atoms in total. The molecule has 0 aliphatic carbocycles. The molecule has 6 N–H and O–H groups in total. The molecule has 41 heavy (non-hydrogen) atoms. The predicted molar refractivity (Wildman–Crippen MR) is 157 cm³/mol. The van der Waals surface area contributed by atoms with Crippen LogP contribution in [0.3, 0.4) is 0 Å². The van der Waals surface area contributed by atoms with E-state index in [4.69, 9.17) is 15.3 Å². The van der Waals surface area contributed by atoms with Gasteiger partial charge >= 0.3 is 17.9 Å². The lowest BCUT2D eigenvalue weighted by atomic mass is 9.71. The van der Waals surface area contributed by atoms with Gasteiger partial charge in [0.05, 0.1) is 0 Å². The van der Waals surface area contributed by atoms with E-state index in [-0.39, 0.29) is 34.0 Å². The minimum atomic E-state index is -0.935. The predicted octanol–water partition coefficient (Wildman–Crippen LogP) is 6.10. The average Bonchev–Trinajstić information content (AvgIpc) is 2.90. The van der Waals surface area contributed by atoms with Crippen LogP contribution in [0.5, 0.6) is 17.2 Å². The molecule has 0 spiro atoms. The molecule has 9 heteroatoms. The van der Waals surface area contributed by atoms with Crippen molar-refractivity contribution in [3.8, 4) is 17.2 Å². The topological polar surface area (TPSA) is 173 Å². The van der Waals surface area contributed by atoms with Crippen molar-refractivity contribution in [1.82, 2.24) is 0 Å². The maximum absolute atomic E-state index is 9.60. The Morgan fingerprint density at radius 2 is 0.634 bits per heavy atom. The van der Waals surface area contributed by atoms with Crippen LogP contribution in [0.2, 0.25) is 0 Å². The van der Waals surface area contributed by atoms with Crippen LogP contribution in [0.4, 0.5) is 0 Å². The summed E-state index contributed by atoms with van der Waals surface area (Å²) in [6.07, 6.45) is 0. The normalized spacial score (nSPS) is 9.66. The molecule has 0 amide bonds. The zero-order valence-corrected chi connectivity index (χ0v) is 23.5. The van der Waals surface area contributed by atoms with E-state index < -0.39 is 23.3 Å². The molecule has 0 fully saturated rings. The first-order chi connectivity index (χ1) is 18.9. The monoisotopic (exact) mass is 564 g/mol. The van der Waals surface area contributed by atoms with Gasteiger partial charge in [-0.15, -0.1) is 0 Å². The summed E-state index contributed by atoms with van der Waals surface area (Å²) in [5.41, 5.74) is 3.07. The smallest absolute Gasteiger partial charge is 0.330 e. The summed E-state index contributed by atoms with van der Waals surface area (Å²) >= 11 is 0. The zero-order valence-electron chi connectivity index (χ0n) is 23.5. The van der Waals surface area contributed by atoms with E-state index in [1.54, 1.807) is 36.4 Å². The van der Waals surface area contributed by atoms with Crippen molar-refractivity contribution in [2.75, 3.05) is 0 Å². The molecule has 0 heterocycles. The maximum atomic E-state index is 9.60. The van der Waals surface area contributed by atoms with Crippen LogP contribution in [0.15, 0.2) is 109 Å². The molecule has 0 saturated heterocycles. The Morgan fingerprint density at radius 3 is 0.756 bits per heavy atom. The number of carboxylic acid groups (broad SMARTS) is 3. The first-order valence-corrected chi connectivity index (χ1v) is 12.0. The zero-order chi connectivity index (χ0) is 31.9. The Bertz CT molecular complexity index is 1150. The summed E-state index contributed by atoms with van der Waals surface area (Å²) in [5.74, 6) is -2.16. The summed E-state index contributed by atoms with van der Waals surface area (Å²) in [5, 5.41) is 52.4. The largest absolute Gasteiger partial charge is 0.508 e. The van der Waals surface area contributed by atoms with Crippen molar-refractivity contribution in [1.29, 1.82) is 0 Å². The van der Waals surface area contributed by atoms with Crippen molar-refractivity contribution in [3.05, 3.63) is 126 Å². The summed E-state index contributed by atoms with van der Waals surface area (Å²) in [7, 11) is 0. The number of phenolic OH excluding ortho intramolecular Hbond substituents is 3. The van der Waals surface area contributed by atoms with Crippen LogP contribution in [0.1, 0.15) is 44.4 Å². The fraction of sp³-hybridized carbons (Fsp3) is 0.156. The van der Waals surface area contributed by atoms with Gasteiger partial charge in [-0.2, -0.15) is 0 Å². The highest BCUT2D eigenvalue weighted by molar-refractivity contribution is 5.85. The lowest BCUT2D eigenvalue weighted by Gasteiger charge is -2.32. The van der Waals surface area contributed by atoms with E-state index >= 15 is 0 Å². The third kappa shape index (κ3) is 12.4. The van der Waals surface area contributed by atoms with Crippen molar-refractivity contribution in [3.63, 3.8) is 0 Å². The molecule has 0 aliphatic rings. The van der Waals surface area contributed by atoms with Gasteiger partial charge < -0.3 is 30.6 Å². The van der Waals surface area contributed by atoms with E-state index in [0.29, 0.717) is 0 Å². The minimum Gasteiger partial charge on any atom is -0.508 e. The van der Waals surface area contributed by atoms with Crippen LogP contribution >= 0.6 is 0 Å². The third-order valence-corrected chi connectivity index (χ3v) is 5.43. The summed E-state index contributed by atoms with van der Waals surface area (Å²) in [4.78, 5) is 28.8. The second kappa shape index (κ2) is 16.6. The molecule has 3 aromatic rings. The van der Waals surface area contributed by atoms with E-state index in [0.717, 1.165) is 16.7 Å². The number of hydrogen-bond donors (Lipinski definition) is 6. The lowest BCUT2D eigenvalue weighted by molar-refractivity contribution is -0.133. The van der Waals surface area contributed by atoms with Crippen LogP contribution in [0.25, 0.3) is 0 Å². The van der Waals surface area contributed by atoms with Crippen molar-refractivity contribution < 1.29 is 45.0 Å². The van der Waals surface area contributed by atoms with Gasteiger partial charge in [0.25, 0.3) is 0 Å². The Morgan fingerprint density at radius 1 is 0.488 bits per heavy atom. The number of benzene rings is 3. The molecule has 0 atom stereocenters. The van der Waals surface area contributed by atoms with Gasteiger partial charge in [0.2, 0.25) is 0 Å². The number of aliphatic carboxylic acids is 3. The van der Waals surface area contributed by atoms with Gasteiger partial charge in [-0.05, 0) is 80.8 Å². The highest BCUT2D eigenvalue weighted by Crippen LogP contribution is 2.40. The Balaban J connectivity index is 0.000000727. The molecule has 0 aromatic heterocycles. The lowest BCUT2D eigenvalue weighted by Crippen LogP contribution is -2.25. The van der Waals surface area contributed by atoms with Crippen LogP contribution in [0, 0.1) is 0 Å². The molecule has 3 aromatic carbocycles. The molecule has 0 bridgehead atoms. The number of carboxylic acids is 3. The average molecular weight is 565 g/mol. The van der Waals surface area contributed by atoms with E-state index in [1.807, 2.05) is 36.4 Å². The Hall–Kier alpha value is -5.31. The third-order valence-electron chi connectivity index (χ3n) is 5.43. The molecule has 0 aliphatic heterocycles. The van der Waals surface area contributed by atoms with Gasteiger partial charge in [0, 0.05) is 22.1 Å². The summed E-state index contributed by atoms with van der Waals surface area (Å²) in [6, 6.07) is 21.3. The van der Waals surface area contributed by atoms with Crippen molar-refractivity contribution >= 4 is 17.9 Å². The van der Waals surface area contributed by atoms with E-state index in [2.05, 4.69) is 26.7 Å². The number of phenols is 3. The second-order valence-electron chi connectivity index (χ2n) is 9.02. The number of carbonyl (C=O) groups is 3. The standard InChI is InChI=1S/C20H18O3.3C4H6O2/c1-20(14-2-8-17(21)9-3-14,15-4-10-18(22)11-5-15)16-6-12-19(23)13-7-16;3*1-3(2)4(5)6/h2-13,21-23H,1H3;3*1H2,2H3,(H,5,6). The molecule has 218 valence electrons. The maximum Gasteiger partial charge on any atom is 0.330 e. The summed E-state index contributed by atoms with van der Waals surface area (Å²) in [6.45, 7) is 15.9. The van der Waals surface area contributed by atoms with E-state index in [1.165, 1.54) is 20.8 Å².